The Morgan fingerprint density at radius 2 is 1.63 bits per heavy atom. The van der Waals surface area contributed by atoms with Gasteiger partial charge in [-0.1, -0.05) is 15.9 Å². The first-order valence-corrected chi connectivity index (χ1v) is 10.8. The summed E-state index contributed by atoms with van der Waals surface area (Å²) in [5, 5.41) is 0. The van der Waals surface area contributed by atoms with Crippen LogP contribution in [0.5, 0.6) is 0 Å². The molecule has 0 aliphatic carbocycles. The Morgan fingerprint density at radius 3 is 2.19 bits per heavy atom. The van der Waals surface area contributed by atoms with Gasteiger partial charge in [-0.05, 0) is 63.8 Å². The molecule has 5 nitrogen and oxygen atoms in total. The summed E-state index contributed by atoms with van der Waals surface area (Å²) < 4.78 is 6.61. The fourth-order valence-electron chi connectivity index (χ4n) is 3.83. The Hall–Kier alpha value is -1.27. The summed E-state index contributed by atoms with van der Waals surface area (Å²) in [4.78, 5) is 19.0. The van der Waals surface area contributed by atoms with Gasteiger partial charge in [0.2, 0.25) is 0 Å². The van der Waals surface area contributed by atoms with Crippen LogP contribution in [0.25, 0.3) is 0 Å². The number of piperazine rings is 1. The molecule has 0 radical (unpaired) electrons. The lowest BCUT2D eigenvalue weighted by atomic mass is 9.95. The first kappa shape index (κ1) is 20.5. The van der Waals surface area contributed by atoms with Gasteiger partial charge in [0.1, 0.15) is 5.60 Å². The lowest BCUT2D eigenvalue weighted by Crippen LogP contribution is -2.51. The lowest BCUT2D eigenvalue weighted by molar-refractivity contribution is 0.0130. The van der Waals surface area contributed by atoms with Gasteiger partial charge in [-0.3, -0.25) is 4.90 Å². The molecule has 1 amide bonds. The van der Waals surface area contributed by atoms with Gasteiger partial charge in [0.15, 0.2) is 0 Å². The predicted octanol–water partition coefficient (Wildman–Crippen LogP) is 4.22. The third-order valence-corrected chi connectivity index (χ3v) is 5.88. The summed E-state index contributed by atoms with van der Waals surface area (Å²) in [5.74, 6) is 0.754. The molecule has 1 aromatic rings. The molecule has 2 heterocycles. The number of benzene rings is 1. The molecular weight excluding hydrogens is 406 g/mol. The van der Waals surface area contributed by atoms with Crippen LogP contribution in [-0.2, 0) is 4.74 Å². The van der Waals surface area contributed by atoms with Crippen LogP contribution in [0.4, 0.5) is 10.5 Å². The summed E-state index contributed by atoms with van der Waals surface area (Å²) in [6.07, 6.45) is 2.30. The van der Waals surface area contributed by atoms with Crippen molar-refractivity contribution in [3.63, 3.8) is 0 Å². The topological polar surface area (TPSA) is 36.0 Å². The number of piperidine rings is 1. The van der Waals surface area contributed by atoms with Gasteiger partial charge in [-0.2, -0.15) is 0 Å². The molecule has 6 heteroatoms. The van der Waals surface area contributed by atoms with Crippen LogP contribution in [-0.4, -0.2) is 67.3 Å². The van der Waals surface area contributed by atoms with Crippen molar-refractivity contribution in [3.05, 3.63) is 28.7 Å². The van der Waals surface area contributed by atoms with Crippen molar-refractivity contribution in [2.45, 2.75) is 39.2 Å². The van der Waals surface area contributed by atoms with Crippen LogP contribution in [0.15, 0.2) is 28.7 Å². The number of ether oxygens (including phenoxy) is 1. The van der Waals surface area contributed by atoms with Gasteiger partial charge in [0, 0.05) is 56.0 Å². The van der Waals surface area contributed by atoms with E-state index in [4.69, 9.17) is 4.74 Å². The van der Waals surface area contributed by atoms with Crippen molar-refractivity contribution < 1.29 is 9.53 Å². The normalized spacial score (nSPS) is 20.0. The van der Waals surface area contributed by atoms with E-state index in [0.29, 0.717) is 0 Å². The van der Waals surface area contributed by atoms with E-state index in [9.17, 15) is 4.79 Å². The van der Waals surface area contributed by atoms with Crippen LogP contribution >= 0.6 is 15.9 Å². The molecule has 27 heavy (non-hydrogen) atoms. The molecule has 0 atom stereocenters. The van der Waals surface area contributed by atoms with Crippen LogP contribution < -0.4 is 4.90 Å². The molecular formula is C21H32BrN3O2. The van der Waals surface area contributed by atoms with E-state index in [0.717, 1.165) is 56.2 Å². The number of halogens is 1. The van der Waals surface area contributed by atoms with Crippen LogP contribution in [0.1, 0.15) is 33.6 Å². The standard InChI is InChI=1S/C21H32BrN3O2/c1-21(2,3)27-20(26)25-14-12-23(13-15-25)16-17-8-10-24(11-9-17)19-6-4-18(22)5-7-19/h4-7,17H,8-16H2,1-3H3. The summed E-state index contributed by atoms with van der Waals surface area (Å²) >= 11 is 3.51. The molecule has 0 spiro atoms. The summed E-state index contributed by atoms with van der Waals surface area (Å²) in [6, 6.07) is 8.62. The molecule has 2 fully saturated rings. The van der Waals surface area contributed by atoms with Crippen molar-refractivity contribution in [1.82, 2.24) is 9.80 Å². The molecule has 0 aromatic heterocycles. The zero-order valence-corrected chi connectivity index (χ0v) is 18.4. The number of carbonyl (C=O) groups is 1. The van der Waals surface area contributed by atoms with Crippen molar-refractivity contribution >= 4 is 27.7 Å². The number of hydrogen-bond acceptors (Lipinski definition) is 4. The Bertz CT molecular complexity index is 613. The van der Waals surface area contributed by atoms with Crippen LogP contribution in [0, 0.1) is 5.92 Å². The minimum atomic E-state index is -0.420. The molecule has 1 aromatic carbocycles. The second kappa shape index (κ2) is 8.82. The average molecular weight is 438 g/mol. The zero-order valence-electron chi connectivity index (χ0n) is 16.8. The van der Waals surface area contributed by atoms with Gasteiger partial charge < -0.3 is 14.5 Å². The zero-order chi connectivity index (χ0) is 19.4. The third kappa shape index (κ3) is 6.11. The van der Waals surface area contributed by atoms with Gasteiger partial charge >= 0.3 is 6.09 Å². The molecule has 2 aliphatic rings. The van der Waals surface area contributed by atoms with E-state index in [1.807, 2.05) is 25.7 Å². The van der Waals surface area contributed by atoms with Crippen molar-refractivity contribution in [1.29, 1.82) is 0 Å². The van der Waals surface area contributed by atoms with Gasteiger partial charge in [-0.25, -0.2) is 4.79 Å². The number of anilines is 1. The van der Waals surface area contributed by atoms with Gasteiger partial charge in [0.05, 0.1) is 0 Å². The van der Waals surface area contributed by atoms with E-state index in [1.165, 1.54) is 18.5 Å². The maximum Gasteiger partial charge on any atom is 0.410 e. The molecule has 0 unspecified atom stereocenters. The second-order valence-electron chi connectivity index (χ2n) is 8.67. The fraction of sp³-hybridized carbons (Fsp3) is 0.667. The first-order chi connectivity index (χ1) is 12.8. The predicted molar refractivity (Wildman–Crippen MR) is 113 cm³/mol. The van der Waals surface area contributed by atoms with E-state index < -0.39 is 5.60 Å². The van der Waals surface area contributed by atoms with E-state index in [-0.39, 0.29) is 6.09 Å². The average Bonchev–Trinajstić information content (AvgIpc) is 2.62. The molecule has 0 saturated carbocycles. The Balaban J connectivity index is 1.39. The van der Waals surface area contributed by atoms with Crippen molar-refractivity contribution in [2.24, 2.45) is 5.92 Å². The van der Waals surface area contributed by atoms with Gasteiger partial charge in [-0.15, -0.1) is 0 Å². The van der Waals surface area contributed by atoms with Gasteiger partial charge in [0.25, 0.3) is 0 Å². The Labute approximate surface area is 171 Å². The minimum Gasteiger partial charge on any atom is -0.444 e. The van der Waals surface area contributed by atoms with Crippen molar-refractivity contribution in [3.8, 4) is 0 Å². The summed E-state index contributed by atoms with van der Waals surface area (Å²) in [6.45, 7) is 12.6. The highest BCUT2D eigenvalue weighted by molar-refractivity contribution is 9.10. The molecule has 3 rings (SSSR count). The largest absolute Gasteiger partial charge is 0.444 e. The van der Waals surface area contributed by atoms with E-state index >= 15 is 0 Å². The Morgan fingerprint density at radius 1 is 1.04 bits per heavy atom. The molecule has 2 saturated heterocycles. The summed E-state index contributed by atoms with van der Waals surface area (Å²) in [5.41, 5.74) is 0.902. The number of rotatable bonds is 3. The van der Waals surface area contributed by atoms with Crippen LogP contribution in [0.2, 0.25) is 0 Å². The highest BCUT2D eigenvalue weighted by atomic mass is 79.9. The third-order valence-electron chi connectivity index (χ3n) is 5.35. The quantitative estimate of drug-likeness (QED) is 0.708. The van der Waals surface area contributed by atoms with Crippen LogP contribution in [0.3, 0.4) is 0 Å². The summed E-state index contributed by atoms with van der Waals surface area (Å²) in [7, 11) is 0. The highest BCUT2D eigenvalue weighted by Crippen LogP contribution is 2.25. The molecule has 2 aliphatic heterocycles. The maximum absolute atomic E-state index is 12.2. The molecule has 0 N–H and O–H groups in total. The SMILES string of the molecule is CC(C)(C)OC(=O)N1CCN(CC2CCN(c3ccc(Br)cc3)CC2)CC1. The smallest absolute Gasteiger partial charge is 0.410 e. The molecule has 0 bridgehead atoms. The van der Waals surface area contributed by atoms with E-state index in [2.05, 4.69) is 50.0 Å². The molecule has 150 valence electrons. The maximum atomic E-state index is 12.2. The Kier molecular flexibility index (Phi) is 6.69. The monoisotopic (exact) mass is 437 g/mol. The number of amides is 1. The number of carbonyl (C=O) groups excluding carboxylic acids is 1. The number of hydrogen-bond donors (Lipinski definition) is 0. The van der Waals surface area contributed by atoms with Crippen molar-refractivity contribution in [2.75, 3.05) is 50.7 Å². The number of nitrogens with zero attached hydrogens (tertiary/aromatic N) is 3. The first-order valence-electron chi connectivity index (χ1n) is 10.0. The second-order valence-corrected chi connectivity index (χ2v) is 9.59. The highest BCUT2D eigenvalue weighted by Gasteiger charge is 2.28. The van der Waals surface area contributed by atoms with E-state index in [1.54, 1.807) is 0 Å². The fourth-order valence-corrected chi connectivity index (χ4v) is 4.09. The lowest BCUT2D eigenvalue weighted by Gasteiger charge is -2.39. The minimum absolute atomic E-state index is 0.176.